The number of rotatable bonds is 10. The lowest BCUT2D eigenvalue weighted by Crippen LogP contribution is -2.48. The van der Waals surface area contributed by atoms with E-state index in [4.69, 9.17) is 10.2 Å². The smallest absolute Gasteiger partial charge is 0.415 e. The number of benzene rings is 2. The van der Waals surface area contributed by atoms with Gasteiger partial charge in [-0.15, -0.1) is 0 Å². The molecule has 2 aromatic rings. The Morgan fingerprint density at radius 3 is 1.21 bits per heavy atom. The summed E-state index contributed by atoms with van der Waals surface area (Å²) in [6.07, 6.45) is -5.37. The van der Waals surface area contributed by atoms with Gasteiger partial charge in [0.2, 0.25) is 0 Å². The van der Waals surface area contributed by atoms with Crippen LogP contribution in [0.5, 0.6) is 0 Å². The first-order valence-corrected chi connectivity index (χ1v) is 10.8. The second kappa shape index (κ2) is 14.2. The number of alkyl carbamates (subject to hydrolysis) is 2. The maximum Gasteiger partial charge on any atom is 0.415 e. The van der Waals surface area contributed by atoms with Gasteiger partial charge in [-0.3, -0.25) is 9.59 Å². The second-order valence-electron chi connectivity index (χ2n) is 7.42. The summed E-state index contributed by atoms with van der Waals surface area (Å²) in [5.74, 6) is -8.92. The number of carboxylic acids is 2. The first-order valence-electron chi connectivity index (χ1n) is 10.8. The first kappa shape index (κ1) is 29.6. The van der Waals surface area contributed by atoms with Gasteiger partial charge in [0.15, 0.2) is 0 Å². The molecule has 0 aromatic heterocycles. The van der Waals surface area contributed by atoms with Gasteiger partial charge >= 0.3 is 48.0 Å². The topological polar surface area (TPSA) is 229 Å². The largest absolute Gasteiger partial charge is 0.481 e. The summed E-state index contributed by atoms with van der Waals surface area (Å²) >= 11 is 0. The Hall–Kier alpha value is -5.60. The highest BCUT2D eigenvalue weighted by Gasteiger charge is 2.33. The van der Waals surface area contributed by atoms with Crippen molar-refractivity contribution >= 4 is 48.0 Å². The van der Waals surface area contributed by atoms with Crippen LogP contribution in [0.4, 0.5) is 9.59 Å². The minimum absolute atomic E-state index is 0.0413. The second-order valence-corrected chi connectivity index (χ2v) is 7.42. The highest BCUT2D eigenvalue weighted by molar-refractivity contribution is 6.00. The lowest BCUT2D eigenvalue weighted by atomic mass is 10.2. The highest BCUT2D eigenvalue weighted by Crippen LogP contribution is 2.06. The molecule has 0 radical (unpaired) electrons. The number of ether oxygens (including phenoxy) is 3. The van der Waals surface area contributed by atoms with Crippen LogP contribution in [0.25, 0.3) is 0 Å². The van der Waals surface area contributed by atoms with Gasteiger partial charge in [-0.25, -0.2) is 28.8 Å². The fraction of sp³-hybridized carbons (Fsp3) is 0.167. The quantitative estimate of drug-likeness (QED) is 0.185. The molecule has 2 rings (SSSR count). The fourth-order valence-electron chi connectivity index (χ4n) is 2.76. The van der Waals surface area contributed by atoms with Gasteiger partial charge in [0.1, 0.15) is 12.1 Å². The third kappa shape index (κ3) is 10.1. The van der Waals surface area contributed by atoms with Crippen molar-refractivity contribution in [3.8, 4) is 0 Å². The number of esters is 4. The number of carbonyl (C=O) groups is 8. The van der Waals surface area contributed by atoms with Crippen LogP contribution >= 0.6 is 0 Å². The summed E-state index contributed by atoms with van der Waals surface area (Å²) in [6, 6.07) is 10.2. The van der Waals surface area contributed by atoms with Crippen molar-refractivity contribution in [1.82, 2.24) is 10.6 Å². The number of carboxylic acid groups (broad SMARTS) is 2. The SMILES string of the molecule is O=C(O)C[C@H](NC(=O)OC(=O)c1ccccc1)C(=O)OC(=O)[C@H](CC(=O)O)NC(=O)OC(=O)c1ccccc1. The summed E-state index contributed by atoms with van der Waals surface area (Å²) < 4.78 is 13.4. The van der Waals surface area contributed by atoms with Crippen molar-refractivity contribution in [2.75, 3.05) is 0 Å². The van der Waals surface area contributed by atoms with Crippen LogP contribution in [-0.2, 0) is 33.4 Å². The van der Waals surface area contributed by atoms with E-state index in [-0.39, 0.29) is 11.1 Å². The zero-order chi connectivity index (χ0) is 28.9. The van der Waals surface area contributed by atoms with Gasteiger partial charge in [0, 0.05) is 0 Å². The molecule has 15 heteroatoms. The summed E-state index contributed by atoms with van der Waals surface area (Å²) in [5, 5.41) is 21.6. The number of hydrogen-bond donors (Lipinski definition) is 4. The summed E-state index contributed by atoms with van der Waals surface area (Å²) in [5.41, 5.74) is -0.0826. The lowest BCUT2D eigenvalue weighted by Gasteiger charge is -2.18. The standard InChI is InChI=1S/C24H20N2O13/c27-17(28)11-15(25-23(35)38-19(31)13-7-3-1-4-8-13)21(33)37-22(34)16(12-18(29)30)26-24(36)39-20(32)14-9-5-2-6-10-14/h1-10,15-16H,11-12H2,(H,25,35)(H,26,36)(H,27,28)(H,29,30)/t15-,16-/m0/s1. The lowest BCUT2D eigenvalue weighted by molar-refractivity contribution is -0.165. The van der Waals surface area contributed by atoms with E-state index in [1.54, 1.807) is 22.8 Å². The molecule has 0 aliphatic carbocycles. The van der Waals surface area contributed by atoms with Gasteiger partial charge in [-0.05, 0) is 24.3 Å². The molecule has 0 spiro atoms. The van der Waals surface area contributed by atoms with Crippen molar-refractivity contribution in [1.29, 1.82) is 0 Å². The third-order valence-corrected chi connectivity index (χ3v) is 4.50. The number of amides is 2. The van der Waals surface area contributed by atoms with Crippen molar-refractivity contribution in [2.45, 2.75) is 24.9 Å². The Morgan fingerprint density at radius 1 is 0.564 bits per heavy atom. The van der Waals surface area contributed by atoms with Crippen molar-refractivity contribution in [3.63, 3.8) is 0 Å². The Kier molecular flexibility index (Phi) is 10.8. The van der Waals surface area contributed by atoms with Gasteiger partial charge in [0.25, 0.3) is 0 Å². The van der Waals surface area contributed by atoms with E-state index in [0.29, 0.717) is 0 Å². The number of carbonyl (C=O) groups excluding carboxylic acids is 6. The Morgan fingerprint density at radius 2 is 0.897 bits per heavy atom. The molecule has 0 aliphatic heterocycles. The predicted octanol–water partition coefficient (Wildman–Crippen LogP) is 0.876. The highest BCUT2D eigenvalue weighted by atomic mass is 16.6. The molecule has 39 heavy (non-hydrogen) atoms. The first-order chi connectivity index (χ1) is 18.5. The molecule has 204 valence electrons. The van der Waals surface area contributed by atoms with Crippen LogP contribution in [0.2, 0.25) is 0 Å². The van der Waals surface area contributed by atoms with Crippen LogP contribution in [0.1, 0.15) is 33.6 Å². The average molecular weight is 544 g/mol. The van der Waals surface area contributed by atoms with Crippen LogP contribution in [0.15, 0.2) is 60.7 Å². The van der Waals surface area contributed by atoms with E-state index in [0.717, 1.165) is 0 Å². The van der Waals surface area contributed by atoms with E-state index >= 15 is 0 Å². The fourth-order valence-corrected chi connectivity index (χ4v) is 2.76. The van der Waals surface area contributed by atoms with Crippen LogP contribution < -0.4 is 10.6 Å². The Balaban J connectivity index is 2.04. The van der Waals surface area contributed by atoms with Gasteiger partial charge < -0.3 is 35.1 Å². The molecule has 4 N–H and O–H groups in total. The van der Waals surface area contributed by atoms with E-state index in [1.165, 1.54) is 48.5 Å². The summed E-state index contributed by atoms with van der Waals surface area (Å²) in [7, 11) is 0. The molecular weight excluding hydrogens is 524 g/mol. The van der Waals surface area contributed by atoms with Crippen LogP contribution in [0, 0.1) is 0 Å². The maximum atomic E-state index is 12.4. The molecule has 0 unspecified atom stereocenters. The average Bonchev–Trinajstić information content (AvgIpc) is 2.88. The molecule has 0 heterocycles. The van der Waals surface area contributed by atoms with Crippen LogP contribution in [-0.4, -0.2) is 70.3 Å². The summed E-state index contributed by atoms with van der Waals surface area (Å²) in [6.45, 7) is 0. The third-order valence-electron chi connectivity index (χ3n) is 4.50. The molecule has 0 saturated carbocycles. The number of aliphatic carboxylic acids is 2. The number of hydrogen-bond acceptors (Lipinski definition) is 11. The van der Waals surface area contributed by atoms with Gasteiger partial charge in [-0.1, -0.05) is 36.4 Å². The maximum absolute atomic E-state index is 12.4. The molecular formula is C24H20N2O13. The van der Waals surface area contributed by atoms with Crippen LogP contribution in [0.3, 0.4) is 0 Å². The minimum atomic E-state index is -2.07. The molecule has 2 amide bonds. The van der Waals surface area contributed by atoms with Crippen molar-refractivity contribution in [3.05, 3.63) is 71.8 Å². The molecule has 2 aromatic carbocycles. The number of nitrogens with one attached hydrogen (secondary N) is 2. The van der Waals surface area contributed by atoms with Gasteiger partial charge in [0.05, 0.1) is 24.0 Å². The van der Waals surface area contributed by atoms with E-state index < -0.39 is 72.9 Å². The monoisotopic (exact) mass is 544 g/mol. The zero-order valence-electron chi connectivity index (χ0n) is 19.7. The minimum Gasteiger partial charge on any atom is -0.481 e. The summed E-state index contributed by atoms with van der Waals surface area (Å²) in [4.78, 5) is 95.1. The molecule has 2 atom stereocenters. The Bertz CT molecular complexity index is 1160. The van der Waals surface area contributed by atoms with E-state index in [9.17, 15) is 38.4 Å². The molecule has 15 nitrogen and oxygen atoms in total. The molecule has 0 saturated heterocycles. The normalized spacial score (nSPS) is 11.6. The van der Waals surface area contributed by atoms with E-state index in [2.05, 4.69) is 14.2 Å². The van der Waals surface area contributed by atoms with Crippen molar-refractivity contribution < 1.29 is 62.8 Å². The Labute approximate surface area is 218 Å². The molecule has 0 bridgehead atoms. The predicted molar refractivity (Wildman–Crippen MR) is 124 cm³/mol. The van der Waals surface area contributed by atoms with Gasteiger partial charge in [-0.2, -0.15) is 0 Å². The van der Waals surface area contributed by atoms with E-state index in [1.807, 2.05) is 0 Å². The molecule has 0 fully saturated rings. The molecule has 0 aliphatic rings. The van der Waals surface area contributed by atoms with Crippen molar-refractivity contribution in [2.24, 2.45) is 0 Å². The zero-order valence-corrected chi connectivity index (χ0v) is 19.7.